The van der Waals surface area contributed by atoms with Gasteiger partial charge in [-0.05, 0) is 25.5 Å². The van der Waals surface area contributed by atoms with Crippen LogP contribution in [-0.4, -0.2) is 29.5 Å². The molecule has 2 heterocycles. The number of pyridine rings is 1. The summed E-state index contributed by atoms with van der Waals surface area (Å²) in [6, 6.07) is 13.3. The smallest absolute Gasteiger partial charge is 0.320 e. The summed E-state index contributed by atoms with van der Waals surface area (Å²) in [5.41, 5.74) is 1.92. The lowest BCUT2D eigenvalue weighted by Gasteiger charge is -2.18. The normalized spacial score (nSPS) is 17.0. The fourth-order valence-corrected chi connectivity index (χ4v) is 2.98. The molecule has 1 aliphatic heterocycles. The van der Waals surface area contributed by atoms with Gasteiger partial charge in [-0.1, -0.05) is 30.3 Å². The minimum absolute atomic E-state index is 0.0370. The Morgan fingerprint density at radius 2 is 2.00 bits per heavy atom. The van der Waals surface area contributed by atoms with Crippen LogP contribution in [0.3, 0.4) is 0 Å². The second-order valence-electron chi connectivity index (χ2n) is 6.47. The van der Waals surface area contributed by atoms with Crippen LogP contribution in [0.15, 0.2) is 48.7 Å². The van der Waals surface area contributed by atoms with E-state index in [0.29, 0.717) is 18.8 Å². The average Bonchev–Trinajstić information content (AvgIpc) is 2.97. The molecule has 25 heavy (non-hydrogen) atoms. The van der Waals surface area contributed by atoms with Crippen molar-refractivity contribution >= 4 is 23.4 Å². The first-order valence-corrected chi connectivity index (χ1v) is 8.42. The molecular weight excluding hydrogens is 316 g/mol. The molecule has 1 aromatic carbocycles. The predicted molar refractivity (Wildman–Crippen MR) is 97.7 cm³/mol. The van der Waals surface area contributed by atoms with Crippen molar-refractivity contribution in [1.29, 1.82) is 0 Å². The summed E-state index contributed by atoms with van der Waals surface area (Å²) in [6.07, 6.45) is 2.09. The molecule has 6 heteroatoms. The van der Waals surface area contributed by atoms with Gasteiger partial charge in [-0.25, -0.2) is 9.78 Å². The maximum Gasteiger partial charge on any atom is 0.320 e. The van der Waals surface area contributed by atoms with Crippen LogP contribution in [0.2, 0.25) is 0 Å². The van der Waals surface area contributed by atoms with Crippen molar-refractivity contribution in [2.45, 2.75) is 32.2 Å². The molecule has 3 rings (SSSR count). The quantitative estimate of drug-likeness (QED) is 0.899. The first kappa shape index (κ1) is 17.0. The molecule has 0 radical (unpaired) electrons. The van der Waals surface area contributed by atoms with Crippen LogP contribution in [0.4, 0.5) is 16.3 Å². The van der Waals surface area contributed by atoms with Crippen molar-refractivity contribution in [3.8, 4) is 0 Å². The summed E-state index contributed by atoms with van der Waals surface area (Å²) in [6.45, 7) is 4.40. The Labute approximate surface area is 147 Å². The van der Waals surface area contributed by atoms with Crippen LogP contribution in [-0.2, 0) is 4.79 Å². The van der Waals surface area contributed by atoms with E-state index in [0.717, 1.165) is 5.69 Å². The van der Waals surface area contributed by atoms with Crippen LogP contribution in [0.5, 0.6) is 0 Å². The molecule has 2 N–H and O–H groups in total. The number of benzene rings is 1. The first-order chi connectivity index (χ1) is 12.0. The van der Waals surface area contributed by atoms with E-state index in [1.807, 2.05) is 32.0 Å². The molecule has 1 saturated heterocycles. The standard InChI is InChI=1S/C19H22N4O2/c1-13(2)21-19(25)22-17-11-16(8-9-20-17)23-12-15(10-18(23)24)14-6-4-3-5-7-14/h3-9,11,13,15H,10,12H2,1-2H3,(H2,20,21,22,25). The van der Waals surface area contributed by atoms with Gasteiger partial charge < -0.3 is 10.2 Å². The van der Waals surface area contributed by atoms with Crippen LogP contribution in [0, 0.1) is 0 Å². The number of aromatic nitrogens is 1. The molecule has 6 nitrogen and oxygen atoms in total. The number of hydrogen-bond donors (Lipinski definition) is 2. The minimum Gasteiger partial charge on any atom is -0.336 e. The Morgan fingerprint density at radius 1 is 1.24 bits per heavy atom. The van der Waals surface area contributed by atoms with Crippen LogP contribution in [0.25, 0.3) is 0 Å². The van der Waals surface area contributed by atoms with E-state index in [2.05, 4.69) is 27.8 Å². The summed E-state index contributed by atoms with van der Waals surface area (Å²) in [5.74, 6) is 0.687. The summed E-state index contributed by atoms with van der Waals surface area (Å²) < 4.78 is 0. The number of hydrogen-bond acceptors (Lipinski definition) is 3. The van der Waals surface area contributed by atoms with Crippen molar-refractivity contribution in [3.63, 3.8) is 0 Å². The van der Waals surface area contributed by atoms with Gasteiger partial charge in [-0.3, -0.25) is 10.1 Å². The average molecular weight is 338 g/mol. The van der Waals surface area contributed by atoms with Crippen molar-refractivity contribution in [2.75, 3.05) is 16.8 Å². The first-order valence-electron chi connectivity index (χ1n) is 8.42. The van der Waals surface area contributed by atoms with E-state index in [-0.39, 0.29) is 23.9 Å². The summed E-state index contributed by atoms with van der Waals surface area (Å²) in [7, 11) is 0. The Hall–Kier alpha value is -2.89. The number of carbonyl (C=O) groups is 2. The maximum absolute atomic E-state index is 12.4. The highest BCUT2D eigenvalue weighted by Gasteiger charge is 2.31. The summed E-state index contributed by atoms with van der Waals surface area (Å²) in [5, 5.41) is 5.44. The van der Waals surface area contributed by atoms with Crippen LogP contribution >= 0.6 is 0 Å². The lowest BCUT2D eigenvalue weighted by Crippen LogP contribution is -2.34. The molecule has 1 aromatic heterocycles. The zero-order valence-electron chi connectivity index (χ0n) is 14.4. The maximum atomic E-state index is 12.4. The molecular formula is C19H22N4O2. The number of anilines is 2. The van der Waals surface area contributed by atoms with E-state index in [9.17, 15) is 9.59 Å². The molecule has 0 saturated carbocycles. The molecule has 130 valence electrons. The fourth-order valence-electron chi connectivity index (χ4n) is 2.98. The third-order valence-electron chi connectivity index (χ3n) is 4.11. The summed E-state index contributed by atoms with van der Waals surface area (Å²) in [4.78, 5) is 30.2. The van der Waals surface area contributed by atoms with Gasteiger partial charge in [0.25, 0.3) is 0 Å². The molecule has 3 amide bonds. The van der Waals surface area contributed by atoms with Gasteiger partial charge in [0.2, 0.25) is 5.91 Å². The lowest BCUT2D eigenvalue weighted by molar-refractivity contribution is -0.117. The number of nitrogens with zero attached hydrogens (tertiary/aromatic N) is 2. The van der Waals surface area contributed by atoms with E-state index >= 15 is 0 Å². The number of nitrogens with one attached hydrogen (secondary N) is 2. The second-order valence-corrected chi connectivity index (χ2v) is 6.47. The molecule has 1 atom stereocenters. The number of carbonyl (C=O) groups excluding carboxylic acids is 2. The predicted octanol–water partition coefficient (Wildman–Crippen LogP) is 3.13. The van der Waals surface area contributed by atoms with Gasteiger partial charge in [-0.15, -0.1) is 0 Å². The largest absolute Gasteiger partial charge is 0.336 e. The molecule has 1 aliphatic rings. The second kappa shape index (κ2) is 7.34. The molecule has 0 bridgehead atoms. The third-order valence-corrected chi connectivity index (χ3v) is 4.11. The van der Waals surface area contributed by atoms with Gasteiger partial charge in [0.05, 0.1) is 0 Å². The molecule has 1 unspecified atom stereocenters. The SMILES string of the molecule is CC(C)NC(=O)Nc1cc(N2CC(c3ccccc3)CC2=O)ccn1. The van der Waals surface area contributed by atoms with Crippen molar-refractivity contribution < 1.29 is 9.59 Å². The summed E-state index contributed by atoms with van der Waals surface area (Å²) >= 11 is 0. The topological polar surface area (TPSA) is 74.3 Å². The fraction of sp³-hybridized carbons (Fsp3) is 0.316. The number of amides is 3. The highest BCUT2D eigenvalue weighted by Crippen LogP contribution is 2.32. The Balaban J connectivity index is 1.72. The Morgan fingerprint density at radius 3 is 2.72 bits per heavy atom. The van der Waals surface area contributed by atoms with Gasteiger partial charge in [0, 0.05) is 42.9 Å². The molecule has 0 aliphatic carbocycles. The Bertz CT molecular complexity index is 761. The number of urea groups is 1. The van der Waals surface area contributed by atoms with Crippen LogP contribution in [0.1, 0.15) is 31.7 Å². The third kappa shape index (κ3) is 4.15. The van der Waals surface area contributed by atoms with Gasteiger partial charge in [-0.2, -0.15) is 0 Å². The Kier molecular flexibility index (Phi) is 4.97. The highest BCUT2D eigenvalue weighted by atomic mass is 16.2. The number of rotatable bonds is 4. The van der Waals surface area contributed by atoms with E-state index in [1.54, 1.807) is 23.2 Å². The van der Waals surface area contributed by atoms with Crippen LogP contribution < -0.4 is 15.5 Å². The lowest BCUT2D eigenvalue weighted by atomic mass is 9.99. The minimum atomic E-state index is -0.311. The van der Waals surface area contributed by atoms with Crippen molar-refractivity contribution in [3.05, 3.63) is 54.2 Å². The van der Waals surface area contributed by atoms with E-state index in [4.69, 9.17) is 0 Å². The van der Waals surface area contributed by atoms with E-state index in [1.165, 1.54) is 5.56 Å². The van der Waals surface area contributed by atoms with E-state index < -0.39 is 0 Å². The van der Waals surface area contributed by atoms with Gasteiger partial charge >= 0.3 is 6.03 Å². The zero-order chi connectivity index (χ0) is 17.8. The zero-order valence-corrected chi connectivity index (χ0v) is 14.4. The highest BCUT2D eigenvalue weighted by molar-refractivity contribution is 5.97. The molecule has 0 spiro atoms. The monoisotopic (exact) mass is 338 g/mol. The van der Waals surface area contributed by atoms with Crippen molar-refractivity contribution in [2.24, 2.45) is 0 Å². The van der Waals surface area contributed by atoms with Gasteiger partial charge in [0.15, 0.2) is 0 Å². The molecule has 2 aromatic rings. The van der Waals surface area contributed by atoms with Crippen molar-refractivity contribution in [1.82, 2.24) is 10.3 Å². The molecule has 1 fully saturated rings. The van der Waals surface area contributed by atoms with Gasteiger partial charge in [0.1, 0.15) is 5.82 Å².